The van der Waals surface area contributed by atoms with E-state index in [1.807, 2.05) is 18.3 Å². The number of rotatable bonds is 1. The van der Waals surface area contributed by atoms with E-state index < -0.39 is 0 Å². The minimum Gasteiger partial charge on any atom is -0.306 e. The molecule has 0 unspecified atom stereocenters. The van der Waals surface area contributed by atoms with E-state index in [2.05, 4.69) is 27.4 Å². The Balaban J connectivity index is 2.00. The first-order valence-corrected chi connectivity index (χ1v) is 6.44. The van der Waals surface area contributed by atoms with Crippen LogP contribution in [0.15, 0.2) is 24.4 Å². The minimum atomic E-state index is 0.536. The molecule has 0 aliphatic carbocycles. The number of imidazole rings is 1. The Morgan fingerprint density at radius 1 is 1.29 bits per heavy atom. The van der Waals surface area contributed by atoms with Crippen LogP contribution in [0.3, 0.4) is 0 Å². The smallest absolute Gasteiger partial charge is 0.117 e. The zero-order valence-corrected chi connectivity index (χ0v) is 10.7. The van der Waals surface area contributed by atoms with Crippen molar-refractivity contribution in [2.75, 3.05) is 20.1 Å². The molecule has 3 heterocycles. The maximum absolute atomic E-state index is 6.26. The van der Waals surface area contributed by atoms with E-state index in [0.717, 1.165) is 29.6 Å². The molecule has 1 fully saturated rings. The summed E-state index contributed by atoms with van der Waals surface area (Å²) in [5.41, 5.74) is 1.09. The van der Waals surface area contributed by atoms with E-state index in [9.17, 15) is 0 Å². The standard InChI is InChI=1S/C13H16ClN3/c1-16-7-5-10(6-8-16)13-15-9-11-3-2-4-12(14)17(11)13/h2-4,9-10H,5-8H2,1H3. The lowest BCUT2D eigenvalue weighted by atomic mass is 9.96. The second-order valence-corrected chi connectivity index (χ2v) is 5.19. The van der Waals surface area contributed by atoms with Crippen molar-refractivity contribution in [1.29, 1.82) is 0 Å². The fourth-order valence-corrected chi connectivity index (χ4v) is 2.84. The van der Waals surface area contributed by atoms with Gasteiger partial charge in [0.2, 0.25) is 0 Å². The molecule has 0 atom stereocenters. The second-order valence-electron chi connectivity index (χ2n) is 4.80. The molecule has 3 nitrogen and oxygen atoms in total. The van der Waals surface area contributed by atoms with Gasteiger partial charge in [-0.25, -0.2) is 4.98 Å². The lowest BCUT2D eigenvalue weighted by molar-refractivity contribution is 0.251. The van der Waals surface area contributed by atoms with Gasteiger partial charge < -0.3 is 4.90 Å². The highest BCUT2D eigenvalue weighted by Gasteiger charge is 2.22. The van der Waals surface area contributed by atoms with Crippen LogP contribution in [0.5, 0.6) is 0 Å². The molecule has 3 rings (SSSR count). The van der Waals surface area contributed by atoms with Crippen LogP contribution in [-0.2, 0) is 0 Å². The van der Waals surface area contributed by atoms with E-state index in [-0.39, 0.29) is 0 Å². The first-order valence-electron chi connectivity index (χ1n) is 6.06. The van der Waals surface area contributed by atoms with Crippen molar-refractivity contribution in [2.24, 2.45) is 0 Å². The Hall–Kier alpha value is -1.06. The normalized spacial score (nSPS) is 18.9. The highest BCUT2D eigenvalue weighted by atomic mass is 35.5. The molecule has 0 aromatic carbocycles. The van der Waals surface area contributed by atoms with Crippen LogP contribution in [0.25, 0.3) is 5.52 Å². The lowest BCUT2D eigenvalue weighted by Gasteiger charge is -2.28. The van der Waals surface area contributed by atoms with Gasteiger partial charge in [0, 0.05) is 5.92 Å². The maximum Gasteiger partial charge on any atom is 0.117 e. The second kappa shape index (κ2) is 4.31. The van der Waals surface area contributed by atoms with Gasteiger partial charge in [0.25, 0.3) is 0 Å². The van der Waals surface area contributed by atoms with Gasteiger partial charge in [-0.05, 0) is 45.1 Å². The van der Waals surface area contributed by atoms with Gasteiger partial charge in [0.1, 0.15) is 11.0 Å². The number of likely N-dealkylation sites (tertiary alicyclic amines) is 1. The van der Waals surface area contributed by atoms with Crippen LogP contribution in [0.1, 0.15) is 24.6 Å². The molecule has 0 radical (unpaired) electrons. The monoisotopic (exact) mass is 249 g/mol. The molecule has 0 N–H and O–H groups in total. The molecule has 0 spiro atoms. The number of hydrogen-bond acceptors (Lipinski definition) is 2. The fraction of sp³-hybridized carbons (Fsp3) is 0.462. The third-order valence-corrected chi connectivity index (χ3v) is 3.91. The largest absolute Gasteiger partial charge is 0.306 e. The van der Waals surface area contributed by atoms with Crippen LogP contribution in [-0.4, -0.2) is 34.4 Å². The zero-order valence-electron chi connectivity index (χ0n) is 9.93. The first-order chi connectivity index (χ1) is 8.25. The number of pyridine rings is 1. The van der Waals surface area contributed by atoms with Gasteiger partial charge in [-0.1, -0.05) is 17.7 Å². The van der Waals surface area contributed by atoms with E-state index in [1.165, 1.54) is 12.8 Å². The molecular formula is C13H16ClN3. The summed E-state index contributed by atoms with van der Waals surface area (Å²) in [6.45, 7) is 2.29. The number of halogens is 1. The lowest BCUT2D eigenvalue weighted by Crippen LogP contribution is -2.30. The number of hydrogen-bond donors (Lipinski definition) is 0. The Bertz CT molecular complexity index is 526. The van der Waals surface area contributed by atoms with Gasteiger partial charge in [0.15, 0.2) is 0 Å². The quantitative estimate of drug-likeness (QED) is 0.725. The fourth-order valence-electron chi connectivity index (χ4n) is 2.59. The number of aromatic nitrogens is 2. The molecule has 2 aromatic rings. The van der Waals surface area contributed by atoms with Crippen molar-refractivity contribution in [3.63, 3.8) is 0 Å². The molecule has 90 valence electrons. The van der Waals surface area contributed by atoms with Crippen LogP contribution in [0.2, 0.25) is 5.15 Å². The third-order valence-electron chi connectivity index (χ3n) is 3.61. The first kappa shape index (κ1) is 11.1. The molecule has 17 heavy (non-hydrogen) atoms. The van der Waals surface area contributed by atoms with E-state index in [1.54, 1.807) is 0 Å². The Kier molecular flexibility index (Phi) is 2.81. The molecule has 1 saturated heterocycles. The summed E-state index contributed by atoms with van der Waals surface area (Å²) in [5, 5.41) is 0.758. The van der Waals surface area contributed by atoms with Crippen molar-refractivity contribution in [2.45, 2.75) is 18.8 Å². The summed E-state index contributed by atoms with van der Waals surface area (Å²) in [6.07, 6.45) is 4.25. The van der Waals surface area contributed by atoms with E-state index >= 15 is 0 Å². The van der Waals surface area contributed by atoms with Crippen molar-refractivity contribution in [3.8, 4) is 0 Å². The van der Waals surface area contributed by atoms with E-state index in [4.69, 9.17) is 11.6 Å². The summed E-state index contributed by atoms with van der Waals surface area (Å²) >= 11 is 6.26. The van der Waals surface area contributed by atoms with Gasteiger partial charge in [0.05, 0.1) is 11.7 Å². The molecule has 0 amide bonds. The van der Waals surface area contributed by atoms with Gasteiger partial charge in [-0.3, -0.25) is 4.40 Å². The van der Waals surface area contributed by atoms with Crippen LogP contribution < -0.4 is 0 Å². The highest BCUT2D eigenvalue weighted by Crippen LogP contribution is 2.28. The molecule has 0 bridgehead atoms. The van der Waals surface area contributed by atoms with Crippen molar-refractivity contribution >= 4 is 17.1 Å². The third kappa shape index (κ3) is 1.94. The average Bonchev–Trinajstić information content (AvgIpc) is 2.75. The molecule has 2 aromatic heterocycles. The molecule has 1 aliphatic heterocycles. The number of fused-ring (bicyclic) bond motifs is 1. The molecular weight excluding hydrogens is 234 g/mol. The maximum atomic E-state index is 6.26. The van der Waals surface area contributed by atoms with Crippen molar-refractivity contribution < 1.29 is 0 Å². The Morgan fingerprint density at radius 3 is 2.82 bits per heavy atom. The van der Waals surface area contributed by atoms with Crippen LogP contribution in [0.4, 0.5) is 0 Å². The Morgan fingerprint density at radius 2 is 2.06 bits per heavy atom. The average molecular weight is 250 g/mol. The van der Waals surface area contributed by atoms with E-state index in [0.29, 0.717) is 5.92 Å². The summed E-state index contributed by atoms with van der Waals surface area (Å²) in [6, 6.07) is 5.95. The van der Waals surface area contributed by atoms with Crippen LogP contribution in [0, 0.1) is 0 Å². The van der Waals surface area contributed by atoms with Gasteiger partial charge >= 0.3 is 0 Å². The SMILES string of the molecule is CN1CCC(c2ncc3cccc(Cl)n23)CC1. The zero-order chi connectivity index (χ0) is 11.8. The highest BCUT2D eigenvalue weighted by molar-refractivity contribution is 6.29. The van der Waals surface area contributed by atoms with Gasteiger partial charge in [-0.15, -0.1) is 0 Å². The molecule has 0 saturated carbocycles. The van der Waals surface area contributed by atoms with Gasteiger partial charge in [-0.2, -0.15) is 0 Å². The minimum absolute atomic E-state index is 0.536. The van der Waals surface area contributed by atoms with Crippen molar-refractivity contribution in [1.82, 2.24) is 14.3 Å². The predicted octanol–water partition coefficient (Wildman–Crippen LogP) is 2.80. The molecule has 4 heteroatoms. The summed E-state index contributed by atoms with van der Waals surface area (Å²) in [5.74, 6) is 1.66. The summed E-state index contributed by atoms with van der Waals surface area (Å²) in [4.78, 5) is 6.93. The topological polar surface area (TPSA) is 20.5 Å². The molecule has 1 aliphatic rings. The number of piperidine rings is 1. The van der Waals surface area contributed by atoms with Crippen molar-refractivity contribution in [3.05, 3.63) is 35.4 Å². The number of nitrogens with zero attached hydrogens (tertiary/aromatic N) is 3. The summed E-state index contributed by atoms with van der Waals surface area (Å²) in [7, 11) is 2.17. The Labute approximate surface area is 106 Å². The summed E-state index contributed by atoms with van der Waals surface area (Å²) < 4.78 is 2.08. The van der Waals surface area contributed by atoms with Crippen LogP contribution >= 0.6 is 11.6 Å². The predicted molar refractivity (Wildman–Crippen MR) is 69.7 cm³/mol.